The lowest BCUT2D eigenvalue weighted by Gasteiger charge is -2.06. The first-order valence-corrected chi connectivity index (χ1v) is 6.39. The number of aromatic nitrogens is 2. The van der Waals surface area contributed by atoms with Gasteiger partial charge in [0.2, 0.25) is 5.28 Å². The molecule has 1 heterocycles. The summed E-state index contributed by atoms with van der Waals surface area (Å²) in [5, 5.41) is 0.260. The Morgan fingerprint density at radius 1 is 1.17 bits per heavy atom. The Bertz CT molecular complexity index is 499. The predicted molar refractivity (Wildman–Crippen MR) is 72.9 cm³/mol. The van der Waals surface area contributed by atoms with Crippen LogP contribution in [0.25, 0.3) is 11.3 Å². The van der Waals surface area contributed by atoms with E-state index in [2.05, 4.69) is 16.9 Å². The Kier molecular flexibility index (Phi) is 4.53. The van der Waals surface area contributed by atoms with Crippen molar-refractivity contribution in [3.05, 3.63) is 41.8 Å². The fraction of sp³-hybridized carbons (Fsp3) is 0.286. The van der Waals surface area contributed by atoms with Gasteiger partial charge >= 0.3 is 0 Å². The highest BCUT2D eigenvalue weighted by Crippen LogP contribution is 2.21. The van der Waals surface area contributed by atoms with Crippen molar-refractivity contribution in [2.24, 2.45) is 0 Å². The third-order valence-electron chi connectivity index (χ3n) is 2.54. The molecule has 0 radical (unpaired) electrons. The van der Waals surface area contributed by atoms with Crippen molar-refractivity contribution < 1.29 is 4.74 Å². The predicted octanol–water partition coefficient (Wildman–Crippen LogP) is 3.98. The summed E-state index contributed by atoms with van der Waals surface area (Å²) >= 11 is 5.76. The molecule has 94 valence electrons. The number of unbranched alkanes of at least 4 members (excludes halogenated alkanes) is 1. The van der Waals surface area contributed by atoms with Gasteiger partial charge in [0.05, 0.1) is 12.3 Å². The minimum Gasteiger partial charge on any atom is -0.494 e. The van der Waals surface area contributed by atoms with Gasteiger partial charge in [-0.05, 0) is 48.4 Å². The van der Waals surface area contributed by atoms with Gasteiger partial charge in [-0.1, -0.05) is 13.3 Å². The zero-order chi connectivity index (χ0) is 12.8. The molecular formula is C14H15ClN2O. The minimum atomic E-state index is 0.260. The number of nitrogens with zero attached hydrogens (tertiary/aromatic N) is 2. The second-order valence-corrected chi connectivity index (χ2v) is 4.28. The molecule has 0 aliphatic carbocycles. The van der Waals surface area contributed by atoms with Gasteiger partial charge in [0.15, 0.2) is 0 Å². The number of ether oxygens (including phenoxy) is 1. The number of benzene rings is 1. The van der Waals surface area contributed by atoms with Gasteiger partial charge in [-0.15, -0.1) is 0 Å². The lowest BCUT2D eigenvalue weighted by Crippen LogP contribution is -1.96. The first-order chi connectivity index (χ1) is 8.79. The first kappa shape index (κ1) is 12.8. The van der Waals surface area contributed by atoms with Crippen LogP contribution in [0, 0.1) is 0 Å². The van der Waals surface area contributed by atoms with Crippen molar-refractivity contribution in [2.75, 3.05) is 6.61 Å². The third-order valence-corrected chi connectivity index (χ3v) is 2.72. The van der Waals surface area contributed by atoms with Crippen molar-refractivity contribution in [1.82, 2.24) is 9.97 Å². The van der Waals surface area contributed by atoms with Crippen LogP contribution in [0.15, 0.2) is 36.5 Å². The molecule has 0 atom stereocenters. The lowest BCUT2D eigenvalue weighted by atomic mass is 10.1. The molecule has 0 aliphatic rings. The van der Waals surface area contributed by atoms with Gasteiger partial charge in [0, 0.05) is 11.8 Å². The third kappa shape index (κ3) is 3.44. The second-order valence-electron chi connectivity index (χ2n) is 3.94. The molecule has 1 aromatic carbocycles. The van der Waals surface area contributed by atoms with E-state index < -0.39 is 0 Å². The summed E-state index contributed by atoms with van der Waals surface area (Å²) in [4.78, 5) is 8.02. The van der Waals surface area contributed by atoms with Crippen molar-refractivity contribution in [3.8, 4) is 17.0 Å². The van der Waals surface area contributed by atoms with Gasteiger partial charge in [-0.3, -0.25) is 0 Å². The van der Waals surface area contributed by atoms with E-state index in [1.807, 2.05) is 30.3 Å². The van der Waals surface area contributed by atoms with Gasteiger partial charge in [-0.25, -0.2) is 9.97 Å². The zero-order valence-corrected chi connectivity index (χ0v) is 11.0. The van der Waals surface area contributed by atoms with Crippen molar-refractivity contribution in [2.45, 2.75) is 19.8 Å². The maximum atomic E-state index is 5.76. The SMILES string of the molecule is CCCCOc1ccc(-c2ccnc(Cl)n2)cc1. The highest BCUT2D eigenvalue weighted by atomic mass is 35.5. The fourth-order valence-corrected chi connectivity index (χ4v) is 1.70. The van der Waals surface area contributed by atoms with Gasteiger partial charge in [0.25, 0.3) is 0 Å². The van der Waals surface area contributed by atoms with Crippen LogP contribution < -0.4 is 4.74 Å². The Morgan fingerprint density at radius 3 is 2.61 bits per heavy atom. The molecule has 0 fully saturated rings. The second kappa shape index (κ2) is 6.36. The van der Waals surface area contributed by atoms with E-state index in [4.69, 9.17) is 16.3 Å². The molecule has 0 unspecified atom stereocenters. The van der Waals surface area contributed by atoms with Crippen LogP contribution in [0.2, 0.25) is 5.28 Å². The standard InChI is InChI=1S/C14H15ClN2O/c1-2-3-10-18-12-6-4-11(5-7-12)13-8-9-16-14(15)17-13/h4-9H,2-3,10H2,1H3. The number of rotatable bonds is 5. The van der Waals surface area contributed by atoms with Crippen molar-refractivity contribution in [3.63, 3.8) is 0 Å². The van der Waals surface area contributed by atoms with Crippen LogP contribution in [-0.2, 0) is 0 Å². The molecular weight excluding hydrogens is 248 g/mol. The van der Waals surface area contributed by atoms with Crippen LogP contribution in [0.5, 0.6) is 5.75 Å². The van der Waals surface area contributed by atoms with E-state index in [0.717, 1.165) is 36.5 Å². The Balaban J connectivity index is 2.07. The maximum absolute atomic E-state index is 5.76. The van der Waals surface area contributed by atoms with E-state index >= 15 is 0 Å². The average Bonchev–Trinajstić information content (AvgIpc) is 2.40. The summed E-state index contributed by atoms with van der Waals surface area (Å²) in [6.07, 6.45) is 3.86. The van der Waals surface area contributed by atoms with Crippen LogP contribution >= 0.6 is 11.6 Å². The Labute approximate surface area is 112 Å². The molecule has 0 amide bonds. The van der Waals surface area contributed by atoms with E-state index in [1.54, 1.807) is 6.20 Å². The monoisotopic (exact) mass is 262 g/mol. The molecule has 0 spiro atoms. The van der Waals surface area contributed by atoms with Gasteiger partial charge < -0.3 is 4.74 Å². The summed E-state index contributed by atoms with van der Waals surface area (Å²) < 4.78 is 5.60. The number of hydrogen-bond acceptors (Lipinski definition) is 3. The van der Waals surface area contributed by atoms with Gasteiger partial charge in [0.1, 0.15) is 5.75 Å². The van der Waals surface area contributed by atoms with E-state index in [0.29, 0.717) is 0 Å². The Morgan fingerprint density at radius 2 is 1.94 bits per heavy atom. The topological polar surface area (TPSA) is 35.0 Å². The summed E-state index contributed by atoms with van der Waals surface area (Å²) in [6, 6.07) is 9.67. The molecule has 0 N–H and O–H groups in total. The quantitative estimate of drug-likeness (QED) is 0.604. The molecule has 0 saturated heterocycles. The zero-order valence-electron chi connectivity index (χ0n) is 10.3. The van der Waals surface area contributed by atoms with Crippen LogP contribution in [0.3, 0.4) is 0 Å². The van der Waals surface area contributed by atoms with E-state index in [-0.39, 0.29) is 5.28 Å². The lowest BCUT2D eigenvalue weighted by molar-refractivity contribution is 0.309. The summed E-state index contributed by atoms with van der Waals surface area (Å²) in [6.45, 7) is 2.90. The minimum absolute atomic E-state index is 0.260. The molecule has 3 nitrogen and oxygen atoms in total. The summed E-state index contributed by atoms with van der Waals surface area (Å²) in [7, 11) is 0. The van der Waals surface area contributed by atoms with Crippen LogP contribution in [0.4, 0.5) is 0 Å². The Hall–Kier alpha value is -1.61. The molecule has 0 bridgehead atoms. The molecule has 0 saturated carbocycles. The first-order valence-electron chi connectivity index (χ1n) is 6.01. The molecule has 2 rings (SSSR count). The summed E-state index contributed by atoms with van der Waals surface area (Å²) in [5.41, 5.74) is 1.82. The van der Waals surface area contributed by atoms with Gasteiger partial charge in [-0.2, -0.15) is 0 Å². The largest absolute Gasteiger partial charge is 0.494 e. The normalized spacial score (nSPS) is 10.3. The molecule has 2 aromatic rings. The highest BCUT2D eigenvalue weighted by molar-refractivity contribution is 6.28. The number of hydrogen-bond donors (Lipinski definition) is 0. The number of halogens is 1. The molecule has 4 heteroatoms. The maximum Gasteiger partial charge on any atom is 0.222 e. The summed E-state index contributed by atoms with van der Waals surface area (Å²) in [5.74, 6) is 0.882. The smallest absolute Gasteiger partial charge is 0.222 e. The fourth-order valence-electron chi connectivity index (χ4n) is 1.55. The molecule has 1 aromatic heterocycles. The highest BCUT2D eigenvalue weighted by Gasteiger charge is 2.01. The van der Waals surface area contributed by atoms with Crippen molar-refractivity contribution >= 4 is 11.6 Å². The van der Waals surface area contributed by atoms with Crippen LogP contribution in [-0.4, -0.2) is 16.6 Å². The average molecular weight is 263 g/mol. The van der Waals surface area contributed by atoms with E-state index in [1.165, 1.54) is 0 Å². The molecule has 18 heavy (non-hydrogen) atoms. The van der Waals surface area contributed by atoms with E-state index in [9.17, 15) is 0 Å². The van der Waals surface area contributed by atoms with Crippen molar-refractivity contribution in [1.29, 1.82) is 0 Å². The van der Waals surface area contributed by atoms with Crippen LogP contribution in [0.1, 0.15) is 19.8 Å². The molecule has 0 aliphatic heterocycles.